The van der Waals surface area contributed by atoms with Crippen LogP contribution in [0, 0.1) is 0 Å². The molecule has 0 radical (unpaired) electrons. The Labute approximate surface area is 76.6 Å². The molecule has 72 valence electrons. The van der Waals surface area contributed by atoms with Crippen LogP contribution in [0.1, 0.15) is 20.8 Å². The summed E-state index contributed by atoms with van der Waals surface area (Å²) in [7, 11) is -1.65. The lowest BCUT2D eigenvalue weighted by Crippen LogP contribution is -2.34. The zero-order chi connectivity index (χ0) is 9.83. The zero-order valence-electron chi connectivity index (χ0n) is 8.81. The molecular weight excluding hydrogens is 168 g/mol. The molecule has 0 atom stereocenters. The Morgan fingerprint density at radius 2 is 1.83 bits per heavy atom. The van der Waals surface area contributed by atoms with Crippen LogP contribution >= 0.6 is 0 Å². The van der Waals surface area contributed by atoms with Crippen molar-refractivity contribution in [2.75, 3.05) is 0 Å². The summed E-state index contributed by atoms with van der Waals surface area (Å²) >= 11 is 0. The molecule has 0 N–H and O–H groups in total. The van der Waals surface area contributed by atoms with Crippen molar-refractivity contribution < 1.29 is 9.46 Å². The van der Waals surface area contributed by atoms with Crippen molar-refractivity contribution in [3.63, 3.8) is 0 Å². The number of rotatable bonds is 4. The predicted octanol–water partition coefficient (Wildman–Crippen LogP) is 3.12. The molecule has 0 saturated heterocycles. The van der Waals surface area contributed by atoms with Gasteiger partial charge in [-0.3, -0.25) is 4.58 Å². The second kappa shape index (κ2) is 4.21. The Morgan fingerprint density at radius 1 is 1.33 bits per heavy atom. The Kier molecular flexibility index (Phi) is 4.17. The van der Waals surface area contributed by atoms with E-state index in [0.29, 0.717) is 0 Å². The SMILES string of the molecule is C=CC[Si](C)(C)OOC(C)(C)C. The van der Waals surface area contributed by atoms with Gasteiger partial charge < -0.3 is 0 Å². The van der Waals surface area contributed by atoms with E-state index in [1.807, 2.05) is 26.8 Å². The molecule has 0 aliphatic carbocycles. The van der Waals surface area contributed by atoms with Gasteiger partial charge in [-0.1, -0.05) is 6.08 Å². The monoisotopic (exact) mass is 188 g/mol. The van der Waals surface area contributed by atoms with E-state index in [0.717, 1.165) is 6.04 Å². The molecule has 0 fully saturated rings. The van der Waals surface area contributed by atoms with Gasteiger partial charge in [0.2, 0.25) is 8.32 Å². The Morgan fingerprint density at radius 3 is 2.17 bits per heavy atom. The molecule has 0 aromatic carbocycles. The molecule has 0 unspecified atom stereocenters. The second-order valence-corrected chi connectivity index (χ2v) is 8.63. The van der Waals surface area contributed by atoms with Gasteiger partial charge in [-0.25, -0.2) is 4.89 Å². The third kappa shape index (κ3) is 6.58. The molecule has 0 aliphatic heterocycles. The van der Waals surface area contributed by atoms with E-state index < -0.39 is 8.32 Å². The minimum absolute atomic E-state index is 0.217. The summed E-state index contributed by atoms with van der Waals surface area (Å²) < 4.78 is 5.40. The van der Waals surface area contributed by atoms with Gasteiger partial charge in [0.25, 0.3) is 0 Å². The fourth-order valence-corrected chi connectivity index (χ4v) is 1.86. The van der Waals surface area contributed by atoms with Crippen molar-refractivity contribution in [2.24, 2.45) is 0 Å². The topological polar surface area (TPSA) is 18.5 Å². The highest BCUT2D eigenvalue weighted by molar-refractivity contribution is 6.71. The molecule has 0 aromatic heterocycles. The van der Waals surface area contributed by atoms with Gasteiger partial charge in [0.05, 0.1) is 5.60 Å². The van der Waals surface area contributed by atoms with Gasteiger partial charge in [-0.2, -0.15) is 0 Å². The molecule has 2 nitrogen and oxygen atoms in total. The lowest BCUT2D eigenvalue weighted by Gasteiger charge is -2.26. The van der Waals surface area contributed by atoms with Gasteiger partial charge in [-0.15, -0.1) is 6.58 Å². The van der Waals surface area contributed by atoms with Gasteiger partial charge in [0, 0.05) is 0 Å². The molecule has 0 rings (SSSR count). The minimum atomic E-state index is -1.65. The van der Waals surface area contributed by atoms with Crippen molar-refractivity contribution in [3.05, 3.63) is 12.7 Å². The third-order valence-corrected chi connectivity index (χ3v) is 2.96. The summed E-state index contributed by atoms with van der Waals surface area (Å²) in [6, 6.07) is 0.920. The van der Waals surface area contributed by atoms with Gasteiger partial charge in [0.15, 0.2) is 0 Å². The molecule has 3 heteroatoms. The second-order valence-electron chi connectivity index (χ2n) is 4.53. The lowest BCUT2D eigenvalue weighted by atomic mass is 10.2. The lowest BCUT2D eigenvalue weighted by molar-refractivity contribution is -0.284. The van der Waals surface area contributed by atoms with Crippen molar-refractivity contribution >= 4 is 8.32 Å². The number of hydrogen-bond donors (Lipinski definition) is 0. The predicted molar refractivity (Wildman–Crippen MR) is 54.4 cm³/mol. The Hall–Kier alpha value is -0.123. The molecule has 0 heterocycles. The van der Waals surface area contributed by atoms with Gasteiger partial charge >= 0.3 is 0 Å². The maximum atomic E-state index is 5.40. The van der Waals surface area contributed by atoms with Crippen LogP contribution < -0.4 is 0 Å². The van der Waals surface area contributed by atoms with Crippen LogP contribution in [-0.4, -0.2) is 13.9 Å². The summed E-state index contributed by atoms with van der Waals surface area (Å²) in [5.74, 6) is 0. The summed E-state index contributed by atoms with van der Waals surface area (Å²) in [6.07, 6.45) is 1.89. The quantitative estimate of drug-likeness (QED) is 0.292. The fourth-order valence-electron chi connectivity index (χ4n) is 0.619. The van der Waals surface area contributed by atoms with Crippen molar-refractivity contribution in [2.45, 2.75) is 45.5 Å². The molecule has 0 amide bonds. The van der Waals surface area contributed by atoms with Crippen molar-refractivity contribution in [1.82, 2.24) is 0 Å². The number of allylic oxidation sites excluding steroid dienone is 1. The molecule has 12 heavy (non-hydrogen) atoms. The van der Waals surface area contributed by atoms with E-state index in [-0.39, 0.29) is 5.60 Å². The Bertz CT molecular complexity index is 147. The Balaban J connectivity index is 3.83. The standard InChI is InChI=1S/C9H20O2Si/c1-7-8-12(5,6)11-10-9(2,3)4/h7H,1,8H2,2-6H3. The highest BCUT2D eigenvalue weighted by atomic mass is 28.4. The first-order valence-corrected chi connectivity index (χ1v) is 7.36. The summed E-state index contributed by atoms with van der Waals surface area (Å²) in [5.41, 5.74) is -0.217. The molecular formula is C9H20O2Si. The average molecular weight is 188 g/mol. The third-order valence-electron chi connectivity index (χ3n) is 1.15. The van der Waals surface area contributed by atoms with Crippen LogP contribution in [0.25, 0.3) is 0 Å². The van der Waals surface area contributed by atoms with Crippen molar-refractivity contribution in [3.8, 4) is 0 Å². The highest BCUT2D eigenvalue weighted by Gasteiger charge is 2.25. The normalized spacial score (nSPS) is 13.1. The van der Waals surface area contributed by atoms with E-state index in [1.54, 1.807) is 0 Å². The summed E-state index contributed by atoms with van der Waals surface area (Å²) in [6.45, 7) is 13.8. The van der Waals surface area contributed by atoms with Crippen LogP contribution in [0.2, 0.25) is 19.1 Å². The largest absolute Gasteiger partial charge is 0.286 e. The first-order valence-electron chi connectivity index (χ1n) is 4.24. The van der Waals surface area contributed by atoms with E-state index in [4.69, 9.17) is 9.46 Å². The zero-order valence-corrected chi connectivity index (χ0v) is 9.81. The first-order chi connectivity index (χ1) is 5.27. The highest BCUT2D eigenvalue weighted by Crippen LogP contribution is 2.16. The minimum Gasteiger partial charge on any atom is -0.286 e. The average Bonchev–Trinajstić information content (AvgIpc) is 1.83. The van der Waals surface area contributed by atoms with Crippen LogP contribution in [0.3, 0.4) is 0 Å². The molecule has 0 spiro atoms. The summed E-state index contributed by atoms with van der Waals surface area (Å²) in [4.78, 5) is 5.26. The molecule has 0 bridgehead atoms. The van der Waals surface area contributed by atoms with Crippen LogP contribution in [0.15, 0.2) is 12.7 Å². The van der Waals surface area contributed by atoms with E-state index in [9.17, 15) is 0 Å². The smallest absolute Gasteiger partial charge is 0.236 e. The molecule has 0 aliphatic rings. The van der Waals surface area contributed by atoms with E-state index in [2.05, 4.69) is 19.7 Å². The summed E-state index contributed by atoms with van der Waals surface area (Å²) in [5, 5.41) is 0. The van der Waals surface area contributed by atoms with E-state index in [1.165, 1.54) is 0 Å². The van der Waals surface area contributed by atoms with Gasteiger partial charge in [0.1, 0.15) is 0 Å². The molecule has 0 aromatic rings. The fraction of sp³-hybridized carbons (Fsp3) is 0.778. The maximum absolute atomic E-state index is 5.40. The number of hydrogen-bond acceptors (Lipinski definition) is 2. The maximum Gasteiger partial charge on any atom is 0.236 e. The van der Waals surface area contributed by atoms with Crippen molar-refractivity contribution in [1.29, 1.82) is 0 Å². The first kappa shape index (κ1) is 11.9. The van der Waals surface area contributed by atoms with Gasteiger partial charge in [-0.05, 0) is 39.9 Å². The van der Waals surface area contributed by atoms with Crippen LogP contribution in [-0.2, 0) is 9.46 Å². The molecule has 0 saturated carbocycles. The van der Waals surface area contributed by atoms with Crippen LogP contribution in [0.5, 0.6) is 0 Å². The van der Waals surface area contributed by atoms with E-state index >= 15 is 0 Å². The van der Waals surface area contributed by atoms with Crippen LogP contribution in [0.4, 0.5) is 0 Å².